The smallest absolute Gasteiger partial charge is 0.236 e. The minimum absolute atomic E-state index is 0.134. The monoisotopic (exact) mass is 260 g/mol. The fraction of sp³-hybridized carbons (Fsp3) is 0.462. The summed E-state index contributed by atoms with van der Waals surface area (Å²) in [6.45, 7) is 4.95. The zero-order valence-electron chi connectivity index (χ0n) is 11.0. The molecular weight excluding hydrogens is 244 g/mol. The standard InChI is InChI=1S/C13H16N4O2/c1-8-4-3-5-15-10(8)11-16-12(19-17-11)13(2)7-18-6-9(13)14/h3-5,9H,6-7,14H2,1-2H3. The number of aromatic nitrogens is 3. The molecule has 1 saturated heterocycles. The van der Waals surface area contributed by atoms with E-state index in [1.54, 1.807) is 6.20 Å². The van der Waals surface area contributed by atoms with Crippen LogP contribution in [0.5, 0.6) is 0 Å². The Kier molecular flexibility index (Phi) is 2.83. The van der Waals surface area contributed by atoms with E-state index in [0.29, 0.717) is 24.9 Å². The number of nitrogens with zero attached hydrogens (tertiary/aromatic N) is 3. The summed E-state index contributed by atoms with van der Waals surface area (Å²) in [6, 6.07) is 3.71. The highest BCUT2D eigenvalue weighted by Crippen LogP contribution is 2.31. The number of rotatable bonds is 2. The fourth-order valence-corrected chi connectivity index (χ4v) is 2.18. The van der Waals surface area contributed by atoms with Crippen molar-refractivity contribution in [2.45, 2.75) is 25.3 Å². The number of hydrogen-bond acceptors (Lipinski definition) is 6. The van der Waals surface area contributed by atoms with Crippen LogP contribution in [0.2, 0.25) is 0 Å². The first-order valence-electron chi connectivity index (χ1n) is 6.21. The highest BCUT2D eigenvalue weighted by molar-refractivity contribution is 5.53. The van der Waals surface area contributed by atoms with Gasteiger partial charge in [0.25, 0.3) is 0 Å². The molecule has 3 rings (SSSR count). The predicted molar refractivity (Wildman–Crippen MR) is 68.4 cm³/mol. The first-order valence-corrected chi connectivity index (χ1v) is 6.21. The highest BCUT2D eigenvalue weighted by atomic mass is 16.5. The average molecular weight is 260 g/mol. The molecule has 6 heteroatoms. The maximum Gasteiger partial charge on any atom is 0.236 e. The molecular formula is C13H16N4O2. The predicted octanol–water partition coefficient (Wildman–Crippen LogP) is 1.06. The van der Waals surface area contributed by atoms with Gasteiger partial charge in [-0.3, -0.25) is 4.98 Å². The van der Waals surface area contributed by atoms with Gasteiger partial charge < -0.3 is 15.0 Å². The van der Waals surface area contributed by atoms with Gasteiger partial charge in [0.15, 0.2) is 0 Å². The molecule has 0 saturated carbocycles. The van der Waals surface area contributed by atoms with Crippen LogP contribution in [0.1, 0.15) is 18.4 Å². The van der Waals surface area contributed by atoms with E-state index < -0.39 is 5.41 Å². The Balaban J connectivity index is 1.98. The molecule has 19 heavy (non-hydrogen) atoms. The molecule has 2 N–H and O–H groups in total. The summed E-state index contributed by atoms with van der Waals surface area (Å²) in [6.07, 6.45) is 1.71. The Morgan fingerprint density at radius 1 is 1.47 bits per heavy atom. The maximum absolute atomic E-state index is 6.05. The molecule has 0 aromatic carbocycles. The second-order valence-corrected chi connectivity index (χ2v) is 5.13. The summed E-state index contributed by atoms with van der Waals surface area (Å²) in [5.41, 5.74) is 7.37. The van der Waals surface area contributed by atoms with Crippen molar-refractivity contribution in [3.63, 3.8) is 0 Å². The Hall–Kier alpha value is -1.79. The van der Waals surface area contributed by atoms with Crippen LogP contribution in [0.15, 0.2) is 22.9 Å². The molecule has 0 bridgehead atoms. The second-order valence-electron chi connectivity index (χ2n) is 5.13. The van der Waals surface area contributed by atoms with E-state index in [-0.39, 0.29) is 6.04 Å². The molecule has 6 nitrogen and oxygen atoms in total. The van der Waals surface area contributed by atoms with E-state index in [9.17, 15) is 0 Å². The van der Waals surface area contributed by atoms with Crippen molar-refractivity contribution in [1.82, 2.24) is 15.1 Å². The molecule has 3 heterocycles. The third kappa shape index (κ3) is 1.93. The van der Waals surface area contributed by atoms with Crippen LogP contribution < -0.4 is 5.73 Å². The van der Waals surface area contributed by atoms with Gasteiger partial charge in [0.2, 0.25) is 11.7 Å². The van der Waals surface area contributed by atoms with Crippen molar-refractivity contribution in [3.8, 4) is 11.5 Å². The van der Waals surface area contributed by atoms with Gasteiger partial charge in [0.1, 0.15) is 5.69 Å². The summed E-state index contributed by atoms with van der Waals surface area (Å²) >= 11 is 0. The number of nitrogens with two attached hydrogens (primary N) is 1. The molecule has 1 aliphatic heterocycles. The molecule has 0 radical (unpaired) electrons. The number of aryl methyl sites for hydroxylation is 1. The minimum atomic E-state index is -0.423. The molecule has 2 unspecified atom stereocenters. The Bertz CT molecular complexity index is 598. The van der Waals surface area contributed by atoms with Crippen molar-refractivity contribution in [3.05, 3.63) is 29.8 Å². The highest BCUT2D eigenvalue weighted by Gasteiger charge is 2.44. The molecule has 1 fully saturated rings. The van der Waals surface area contributed by atoms with Crippen LogP contribution in [0.3, 0.4) is 0 Å². The minimum Gasteiger partial charge on any atom is -0.379 e. The molecule has 2 atom stereocenters. The van der Waals surface area contributed by atoms with E-state index >= 15 is 0 Å². The van der Waals surface area contributed by atoms with Crippen molar-refractivity contribution in [2.75, 3.05) is 13.2 Å². The van der Waals surface area contributed by atoms with E-state index in [1.165, 1.54) is 0 Å². The van der Waals surface area contributed by atoms with Gasteiger partial charge in [-0.2, -0.15) is 4.98 Å². The third-order valence-corrected chi connectivity index (χ3v) is 3.65. The summed E-state index contributed by atoms with van der Waals surface area (Å²) in [5.74, 6) is 1.01. The van der Waals surface area contributed by atoms with Crippen molar-refractivity contribution < 1.29 is 9.26 Å². The van der Waals surface area contributed by atoms with Crippen LogP contribution in [0.4, 0.5) is 0 Å². The van der Waals surface area contributed by atoms with Crippen LogP contribution in [0, 0.1) is 6.92 Å². The normalized spacial score (nSPS) is 26.8. The molecule has 0 spiro atoms. The van der Waals surface area contributed by atoms with Gasteiger partial charge in [-0.1, -0.05) is 11.2 Å². The Labute approximate surface area is 111 Å². The molecule has 0 aliphatic carbocycles. The lowest BCUT2D eigenvalue weighted by Gasteiger charge is -2.21. The largest absolute Gasteiger partial charge is 0.379 e. The van der Waals surface area contributed by atoms with Crippen LogP contribution in [-0.4, -0.2) is 34.4 Å². The first kappa shape index (κ1) is 12.3. The molecule has 2 aromatic rings. The second kappa shape index (κ2) is 4.40. The SMILES string of the molecule is Cc1cccnc1-c1noc(C2(C)COCC2N)n1. The van der Waals surface area contributed by atoms with Crippen molar-refractivity contribution in [2.24, 2.45) is 5.73 Å². The quantitative estimate of drug-likeness (QED) is 0.868. The van der Waals surface area contributed by atoms with Crippen LogP contribution in [0.25, 0.3) is 11.5 Å². The molecule has 0 amide bonds. The lowest BCUT2D eigenvalue weighted by Crippen LogP contribution is -2.42. The molecule has 2 aromatic heterocycles. The summed E-state index contributed by atoms with van der Waals surface area (Å²) in [5, 5.41) is 4.01. The summed E-state index contributed by atoms with van der Waals surface area (Å²) in [7, 11) is 0. The van der Waals surface area contributed by atoms with Crippen molar-refractivity contribution >= 4 is 0 Å². The van der Waals surface area contributed by atoms with E-state index in [2.05, 4.69) is 15.1 Å². The lowest BCUT2D eigenvalue weighted by molar-refractivity contribution is 0.169. The van der Waals surface area contributed by atoms with Crippen LogP contribution >= 0.6 is 0 Å². The Morgan fingerprint density at radius 3 is 3.00 bits per heavy atom. The maximum atomic E-state index is 6.05. The lowest BCUT2D eigenvalue weighted by atomic mass is 9.86. The van der Waals surface area contributed by atoms with E-state index in [1.807, 2.05) is 26.0 Å². The van der Waals surface area contributed by atoms with Gasteiger partial charge >= 0.3 is 0 Å². The topological polar surface area (TPSA) is 87.1 Å². The van der Waals surface area contributed by atoms with Gasteiger partial charge in [0, 0.05) is 12.2 Å². The summed E-state index contributed by atoms with van der Waals surface area (Å²) in [4.78, 5) is 8.73. The molecule has 1 aliphatic rings. The number of hydrogen-bond donors (Lipinski definition) is 1. The zero-order chi connectivity index (χ0) is 13.5. The first-order chi connectivity index (χ1) is 9.11. The van der Waals surface area contributed by atoms with Gasteiger partial charge in [-0.25, -0.2) is 0 Å². The van der Waals surface area contributed by atoms with E-state index in [4.69, 9.17) is 15.0 Å². The van der Waals surface area contributed by atoms with E-state index in [0.717, 1.165) is 11.3 Å². The van der Waals surface area contributed by atoms with Crippen LogP contribution in [-0.2, 0) is 10.2 Å². The zero-order valence-corrected chi connectivity index (χ0v) is 11.0. The summed E-state index contributed by atoms with van der Waals surface area (Å²) < 4.78 is 10.8. The average Bonchev–Trinajstić information content (AvgIpc) is 2.99. The van der Waals surface area contributed by atoms with Crippen molar-refractivity contribution in [1.29, 1.82) is 0 Å². The van der Waals surface area contributed by atoms with Gasteiger partial charge in [-0.15, -0.1) is 0 Å². The number of pyridine rings is 1. The van der Waals surface area contributed by atoms with Gasteiger partial charge in [0.05, 0.1) is 18.6 Å². The molecule has 100 valence electrons. The number of ether oxygens (including phenoxy) is 1. The fourth-order valence-electron chi connectivity index (χ4n) is 2.18. The third-order valence-electron chi connectivity index (χ3n) is 3.65. The Morgan fingerprint density at radius 2 is 2.32 bits per heavy atom. The van der Waals surface area contributed by atoms with Gasteiger partial charge in [-0.05, 0) is 25.5 Å².